The number of pyridine rings is 1. The highest BCUT2D eigenvalue weighted by Crippen LogP contribution is 2.23. The predicted molar refractivity (Wildman–Crippen MR) is 84.3 cm³/mol. The van der Waals surface area contributed by atoms with E-state index < -0.39 is 5.97 Å². The molecule has 4 nitrogen and oxygen atoms in total. The normalized spacial score (nSPS) is 12.0. The van der Waals surface area contributed by atoms with Crippen molar-refractivity contribution in [3.05, 3.63) is 41.6 Å². The minimum absolute atomic E-state index is 0.0270. The van der Waals surface area contributed by atoms with Crippen LogP contribution in [0.15, 0.2) is 30.3 Å². The summed E-state index contributed by atoms with van der Waals surface area (Å²) in [6, 6.07) is 10.0. The Morgan fingerprint density at radius 1 is 1.29 bits per heavy atom. The monoisotopic (exact) mass is 286 g/mol. The molecule has 0 atom stereocenters. The summed E-state index contributed by atoms with van der Waals surface area (Å²) in [5.41, 5.74) is 2.82. The van der Waals surface area contributed by atoms with Crippen molar-refractivity contribution >= 4 is 16.9 Å². The Morgan fingerprint density at radius 3 is 2.57 bits per heavy atom. The summed E-state index contributed by atoms with van der Waals surface area (Å²) >= 11 is 0. The lowest BCUT2D eigenvalue weighted by molar-refractivity contribution is -0.139. The molecule has 0 unspecified atom stereocenters. The van der Waals surface area contributed by atoms with Gasteiger partial charge in [0.25, 0.3) is 0 Å². The third kappa shape index (κ3) is 3.79. The van der Waals surface area contributed by atoms with Gasteiger partial charge in [0.2, 0.25) is 0 Å². The average molecular weight is 286 g/mol. The second kappa shape index (κ2) is 5.82. The molecule has 0 amide bonds. The van der Waals surface area contributed by atoms with Crippen molar-refractivity contribution < 1.29 is 9.90 Å². The van der Waals surface area contributed by atoms with Crippen molar-refractivity contribution in [3.63, 3.8) is 0 Å². The zero-order chi connectivity index (χ0) is 15.6. The third-order valence-electron chi connectivity index (χ3n) is 3.57. The molecule has 0 bridgehead atoms. The topological polar surface area (TPSA) is 53.4 Å². The van der Waals surface area contributed by atoms with E-state index in [1.165, 1.54) is 0 Å². The van der Waals surface area contributed by atoms with Crippen molar-refractivity contribution in [1.29, 1.82) is 0 Å². The fourth-order valence-corrected chi connectivity index (χ4v) is 2.42. The summed E-state index contributed by atoms with van der Waals surface area (Å²) in [5.74, 6) is -0.806. The number of carboxylic acids is 1. The van der Waals surface area contributed by atoms with E-state index >= 15 is 0 Å². The zero-order valence-electron chi connectivity index (χ0n) is 13.1. The Hall–Kier alpha value is -1.94. The van der Waals surface area contributed by atoms with Gasteiger partial charge in [-0.3, -0.25) is 14.7 Å². The maximum atomic E-state index is 11.1. The van der Waals surface area contributed by atoms with E-state index in [-0.39, 0.29) is 12.1 Å². The third-order valence-corrected chi connectivity index (χ3v) is 3.57. The van der Waals surface area contributed by atoms with Crippen LogP contribution < -0.4 is 0 Å². The van der Waals surface area contributed by atoms with Crippen LogP contribution in [0.2, 0.25) is 0 Å². The Labute approximate surface area is 125 Å². The summed E-state index contributed by atoms with van der Waals surface area (Å²) in [5, 5.41) is 10.2. The molecule has 0 aliphatic heterocycles. The van der Waals surface area contributed by atoms with Gasteiger partial charge in [-0.2, -0.15) is 0 Å². The first-order valence-corrected chi connectivity index (χ1v) is 7.09. The van der Waals surface area contributed by atoms with E-state index in [2.05, 4.69) is 4.98 Å². The standard InChI is InChI=1S/C17H22N2O2/c1-12-9-13(14-7-5-6-8-15(14)18-12)10-19(11-16(20)21)17(2,3)4/h5-9H,10-11H2,1-4H3,(H,20,21). The molecule has 1 aromatic heterocycles. The van der Waals surface area contributed by atoms with Gasteiger partial charge >= 0.3 is 5.97 Å². The van der Waals surface area contributed by atoms with E-state index in [1.807, 2.05) is 62.9 Å². The largest absolute Gasteiger partial charge is 0.480 e. The van der Waals surface area contributed by atoms with Crippen LogP contribution in [-0.4, -0.2) is 33.0 Å². The van der Waals surface area contributed by atoms with Gasteiger partial charge in [0, 0.05) is 23.2 Å². The van der Waals surface area contributed by atoms with Crippen molar-refractivity contribution in [2.24, 2.45) is 0 Å². The molecule has 0 radical (unpaired) electrons. The number of rotatable bonds is 4. The summed E-state index contributed by atoms with van der Waals surface area (Å²) in [6.07, 6.45) is 0. The van der Waals surface area contributed by atoms with Gasteiger partial charge in [-0.15, -0.1) is 0 Å². The molecule has 0 saturated heterocycles. The molecule has 1 heterocycles. The van der Waals surface area contributed by atoms with Crippen LogP contribution in [0.25, 0.3) is 10.9 Å². The molecule has 1 aromatic carbocycles. The minimum atomic E-state index is -0.806. The molecule has 0 aliphatic carbocycles. The van der Waals surface area contributed by atoms with Gasteiger partial charge in [-0.1, -0.05) is 18.2 Å². The van der Waals surface area contributed by atoms with Crippen molar-refractivity contribution in [3.8, 4) is 0 Å². The van der Waals surface area contributed by atoms with Crippen molar-refractivity contribution in [1.82, 2.24) is 9.88 Å². The van der Waals surface area contributed by atoms with E-state index in [0.29, 0.717) is 6.54 Å². The quantitative estimate of drug-likeness (QED) is 0.937. The van der Waals surface area contributed by atoms with Gasteiger partial charge < -0.3 is 5.11 Å². The Balaban J connectivity index is 2.43. The fraction of sp³-hybridized carbons (Fsp3) is 0.412. The van der Waals surface area contributed by atoms with E-state index in [4.69, 9.17) is 5.11 Å². The first kappa shape index (κ1) is 15.4. The van der Waals surface area contributed by atoms with Crippen LogP contribution in [0.4, 0.5) is 0 Å². The maximum Gasteiger partial charge on any atom is 0.317 e. The molecule has 21 heavy (non-hydrogen) atoms. The van der Waals surface area contributed by atoms with Gasteiger partial charge in [0.1, 0.15) is 0 Å². The van der Waals surface area contributed by atoms with Gasteiger partial charge in [0.15, 0.2) is 0 Å². The summed E-state index contributed by atoms with van der Waals surface area (Å²) < 4.78 is 0. The molecule has 0 aliphatic rings. The number of carbonyl (C=O) groups is 1. The molecule has 0 fully saturated rings. The average Bonchev–Trinajstić information content (AvgIpc) is 2.36. The summed E-state index contributed by atoms with van der Waals surface area (Å²) in [6.45, 7) is 8.69. The second-order valence-electron chi connectivity index (χ2n) is 6.36. The highest BCUT2D eigenvalue weighted by atomic mass is 16.4. The van der Waals surface area contributed by atoms with Crippen LogP contribution in [-0.2, 0) is 11.3 Å². The summed E-state index contributed by atoms with van der Waals surface area (Å²) in [7, 11) is 0. The molecule has 0 saturated carbocycles. The lowest BCUT2D eigenvalue weighted by atomic mass is 10.0. The Morgan fingerprint density at radius 2 is 1.95 bits per heavy atom. The second-order valence-corrected chi connectivity index (χ2v) is 6.36. The van der Waals surface area contributed by atoms with E-state index in [9.17, 15) is 4.79 Å². The number of benzene rings is 1. The highest BCUT2D eigenvalue weighted by molar-refractivity contribution is 5.82. The number of aryl methyl sites for hydroxylation is 1. The van der Waals surface area contributed by atoms with Crippen LogP contribution in [0.3, 0.4) is 0 Å². The SMILES string of the molecule is Cc1cc(CN(CC(=O)O)C(C)(C)C)c2ccccc2n1. The van der Waals surface area contributed by atoms with Crippen LogP contribution in [0, 0.1) is 6.92 Å². The first-order chi connectivity index (χ1) is 9.77. The van der Waals surface area contributed by atoms with Crippen LogP contribution in [0.1, 0.15) is 32.0 Å². The first-order valence-electron chi connectivity index (χ1n) is 7.09. The van der Waals surface area contributed by atoms with Crippen molar-refractivity contribution in [2.45, 2.75) is 39.8 Å². The predicted octanol–water partition coefficient (Wildman–Crippen LogP) is 3.23. The highest BCUT2D eigenvalue weighted by Gasteiger charge is 2.24. The van der Waals surface area contributed by atoms with Crippen LogP contribution in [0.5, 0.6) is 0 Å². The van der Waals surface area contributed by atoms with Gasteiger partial charge in [-0.05, 0) is 45.4 Å². The Bertz CT molecular complexity index is 659. The summed E-state index contributed by atoms with van der Waals surface area (Å²) in [4.78, 5) is 17.6. The number of hydrogen-bond acceptors (Lipinski definition) is 3. The number of fused-ring (bicyclic) bond motifs is 1. The molecule has 0 spiro atoms. The van der Waals surface area contributed by atoms with Crippen molar-refractivity contribution in [2.75, 3.05) is 6.54 Å². The number of carboxylic acid groups (broad SMARTS) is 1. The number of aromatic nitrogens is 1. The smallest absolute Gasteiger partial charge is 0.317 e. The lowest BCUT2D eigenvalue weighted by Gasteiger charge is -2.34. The molecular weight excluding hydrogens is 264 g/mol. The molecule has 1 N–H and O–H groups in total. The minimum Gasteiger partial charge on any atom is -0.480 e. The lowest BCUT2D eigenvalue weighted by Crippen LogP contribution is -2.43. The molecule has 2 rings (SSSR count). The fourth-order valence-electron chi connectivity index (χ4n) is 2.42. The number of para-hydroxylation sites is 1. The molecule has 112 valence electrons. The van der Waals surface area contributed by atoms with E-state index in [0.717, 1.165) is 22.2 Å². The van der Waals surface area contributed by atoms with Crippen LogP contribution >= 0.6 is 0 Å². The van der Waals surface area contributed by atoms with Gasteiger partial charge in [-0.25, -0.2) is 0 Å². The molecular formula is C17H22N2O2. The van der Waals surface area contributed by atoms with Gasteiger partial charge in [0.05, 0.1) is 12.1 Å². The Kier molecular flexibility index (Phi) is 4.28. The van der Waals surface area contributed by atoms with E-state index in [1.54, 1.807) is 0 Å². The molecule has 2 aromatic rings. The number of nitrogens with zero attached hydrogens (tertiary/aromatic N) is 2. The number of hydrogen-bond donors (Lipinski definition) is 1. The zero-order valence-corrected chi connectivity index (χ0v) is 13.1. The molecule has 4 heteroatoms. The maximum absolute atomic E-state index is 11.1. The number of aliphatic carboxylic acids is 1.